The fourth-order valence-corrected chi connectivity index (χ4v) is 1.74. The molecule has 0 unspecified atom stereocenters. The number of nitrogens with one attached hydrogen (secondary N) is 1. The molecule has 118 valence electrons. The Bertz CT molecular complexity index is 300. The summed E-state index contributed by atoms with van der Waals surface area (Å²) in [6.07, 6.45) is 3.88. The van der Waals surface area contributed by atoms with Gasteiger partial charge in [-0.25, -0.2) is 4.79 Å². The second-order valence-electron chi connectivity index (χ2n) is 6.21. The molecule has 0 rings (SSSR count). The fraction of sp³-hybridized carbons (Fsp3) is 0.867. The molecule has 0 aromatic rings. The van der Waals surface area contributed by atoms with Gasteiger partial charge < -0.3 is 15.2 Å². The second-order valence-corrected chi connectivity index (χ2v) is 6.21. The molecule has 5 nitrogen and oxygen atoms in total. The van der Waals surface area contributed by atoms with Crippen LogP contribution < -0.4 is 5.32 Å². The Morgan fingerprint density at radius 3 is 2.40 bits per heavy atom. The van der Waals surface area contributed by atoms with Crippen LogP contribution in [0, 0.1) is 5.92 Å². The summed E-state index contributed by atoms with van der Waals surface area (Å²) in [5.74, 6) is -0.181. The number of hydrogen-bond acceptors (Lipinski definition) is 3. The van der Waals surface area contributed by atoms with E-state index in [-0.39, 0.29) is 6.42 Å². The van der Waals surface area contributed by atoms with Gasteiger partial charge in [-0.2, -0.15) is 0 Å². The zero-order valence-electron chi connectivity index (χ0n) is 13.2. The topological polar surface area (TPSA) is 75.6 Å². The van der Waals surface area contributed by atoms with Crippen LogP contribution in [0.4, 0.5) is 4.79 Å². The van der Waals surface area contributed by atoms with Gasteiger partial charge in [0.05, 0.1) is 0 Å². The van der Waals surface area contributed by atoms with Gasteiger partial charge in [0.2, 0.25) is 0 Å². The first-order valence-corrected chi connectivity index (χ1v) is 7.41. The summed E-state index contributed by atoms with van der Waals surface area (Å²) in [5, 5.41) is 11.2. The van der Waals surface area contributed by atoms with Gasteiger partial charge in [0.1, 0.15) is 5.60 Å². The van der Waals surface area contributed by atoms with Crippen molar-refractivity contribution in [2.24, 2.45) is 5.92 Å². The SMILES string of the molecule is CC(C)CCC(C)(C)OC(=O)NCCCCCC(=O)O. The third kappa shape index (κ3) is 11.8. The van der Waals surface area contributed by atoms with Crippen molar-refractivity contribution in [2.45, 2.75) is 71.8 Å². The molecule has 0 heterocycles. The van der Waals surface area contributed by atoms with E-state index in [2.05, 4.69) is 19.2 Å². The molecule has 5 heteroatoms. The molecule has 0 saturated carbocycles. The van der Waals surface area contributed by atoms with Gasteiger partial charge >= 0.3 is 12.1 Å². The van der Waals surface area contributed by atoms with Crippen molar-refractivity contribution >= 4 is 12.1 Å². The Morgan fingerprint density at radius 1 is 1.20 bits per heavy atom. The van der Waals surface area contributed by atoms with Crippen LogP contribution in [-0.2, 0) is 9.53 Å². The number of aliphatic carboxylic acids is 1. The Morgan fingerprint density at radius 2 is 1.85 bits per heavy atom. The summed E-state index contributed by atoms with van der Waals surface area (Å²) in [5.41, 5.74) is -0.447. The van der Waals surface area contributed by atoms with Crippen LogP contribution >= 0.6 is 0 Å². The number of carboxylic acid groups (broad SMARTS) is 1. The van der Waals surface area contributed by atoms with Gasteiger partial charge in [0.15, 0.2) is 0 Å². The fourth-order valence-electron chi connectivity index (χ4n) is 1.74. The highest BCUT2D eigenvalue weighted by Crippen LogP contribution is 2.20. The zero-order valence-corrected chi connectivity index (χ0v) is 13.2. The van der Waals surface area contributed by atoms with Crippen molar-refractivity contribution in [3.05, 3.63) is 0 Å². The van der Waals surface area contributed by atoms with Crippen molar-refractivity contribution in [1.29, 1.82) is 0 Å². The molecule has 1 amide bonds. The van der Waals surface area contributed by atoms with E-state index in [0.29, 0.717) is 18.9 Å². The number of hydrogen-bond donors (Lipinski definition) is 2. The molecule has 0 aromatic carbocycles. The van der Waals surface area contributed by atoms with Crippen LogP contribution in [0.1, 0.15) is 66.2 Å². The lowest BCUT2D eigenvalue weighted by Gasteiger charge is -2.26. The lowest BCUT2D eigenvalue weighted by molar-refractivity contribution is -0.137. The van der Waals surface area contributed by atoms with Gasteiger partial charge in [-0.15, -0.1) is 0 Å². The first-order chi connectivity index (χ1) is 9.23. The first kappa shape index (κ1) is 18.7. The normalized spacial score (nSPS) is 11.4. The minimum absolute atomic E-state index is 0.187. The molecular formula is C15H29NO4. The van der Waals surface area contributed by atoms with E-state index in [1.807, 2.05) is 13.8 Å². The molecule has 0 spiro atoms. The number of ether oxygens (including phenoxy) is 1. The quantitative estimate of drug-likeness (QED) is 0.602. The summed E-state index contributed by atoms with van der Waals surface area (Å²) < 4.78 is 5.39. The summed E-state index contributed by atoms with van der Waals surface area (Å²) >= 11 is 0. The Kier molecular flexibility index (Phi) is 9.01. The molecule has 20 heavy (non-hydrogen) atoms. The first-order valence-electron chi connectivity index (χ1n) is 7.41. The van der Waals surface area contributed by atoms with Crippen LogP contribution in [0.2, 0.25) is 0 Å². The summed E-state index contributed by atoms with van der Waals surface area (Å²) in [7, 11) is 0. The zero-order chi connectivity index (χ0) is 15.6. The largest absolute Gasteiger partial charge is 0.481 e. The molecule has 0 saturated heterocycles. The van der Waals surface area contributed by atoms with Gasteiger partial charge in [0.25, 0.3) is 0 Å². The maximum atomic E-state index is 11.6. The molecule has 0 aliphatic carbocycles. The van der Waals surface area contributed by atoms with Crippen molar-refractivity contribution < 1.29 is 19.4 Å². The highest BCUT2D eigenvalue weighted by atomic mass is 16.6. The summed E-state index contributed by atoms with van der Waals surface area (Å²) in [6, 6.07) is 0. The highest BCUT2D eigenvalue weighted by Gasteiger charge is 2.22. The van der Waals surface area contributed by atoms with Crippen molar-refractivity contribution in [2.75, 3.05) is 6.54 Å². The number of alkyl carbamates (subject to hydrolysis) is 1. The van der Waals surface area contributed by atoms with Gasteiger partial charge in [-0.05, 0) is 45.4 Å². The molecule has 0 bridgehead atoms. The maximum Gasteiger partial charge on any atom is 0.407 e. The second kappa shape index (κ2) is 9.61. The van der Waals surface area contributed by atoms with E-state index >= 15 is 0 Å². The lowest BCUT2D eigenvalue weighted by Crippen LogP contribution is -2.35. The van der Waals surface area contributed by atoms with Crippen LogP contribution in [0.5, 0.6) is 0 Å². The van der Waals surface area contributed by atoms with E-state index in [1.165, 1.54) is 0 Å². The van der Waals surface area contributed by atoms with Gasteiger partial charge in [-0.3, -0.25) is 4.79 Å². The van der Waals surface area contributed by atoms with Crippen LogP contribution in [0.3, 0.4) is 0 Å². The Labute approximate surface area is 122 Å². The average molecular weight is 287 g/mol. The number of unbranched alkanes of at least 4 members (excludes halogenated alkanes) is 2. The molecular weight excluding hydrogens is 258 g/mol. The van der Waals surface area contributed by atoms with E-state index in [9.17, 15) is 9.59 Å². The standard InChI is InChI=1S/C15H29NO4/c1-12(2)9-10-15(3,4)20-14(19)16-11-7-5-6-8-13(17)18/h12H,5-11H2,1-4H3,(H,16,19)(H,17,18). The molecule has 0 radical (unpaired) electrons. The van der Waals surface area contributed by atoms with Crippen molar-refractivity contribution in [3.8, 4) is 0 Å². The minimum atomic E-state index is -0.774. The van der Waals surface area contributed by atoms with Gasteiger partial charge in [-0.1, -0.05) is 20.3 Å². The Balaban J connectivity index is 3.68. The van der Waals surface area contributed by atoms with Gasteiger partial charge in [0, 0.05) is 13.0 Å². The molecule has 0 aliphatic rings. The van der Waals surface area contributed by atoms with Crippen molar-refractivity contribution in [1.82, 2.24) is 5.32 Å². The van der Waals surface area contributed by atoms with Crippen LogP contribution in [0.15, 0.2) is 0 Å². The van der Waals surface area contributed by atoms with Crippen LogP contribution in [-0.4, -0.2) is 29.3 Å². The number of rotatable bonds is 10. The number of amides is 1. The molecule has 0 atom stereocenters. The molecule has 0 aliphatic heterocycles. The third-order valence-corrected chi connectivity index (χ3v) is 3.03. The maximum absolute atomic E-state index is 11.6. The molecule has 0 aromatic heterocycles. The Hall–Kier alpha value is -1.26. The smallest absolute Gasteiger partial charge is 0.407 e. The number of carbonyl (C=O) groups excluding carboxylic acids is 1. The predicted molar refractivity (Wildman–Crippen MR) is 78.7 cm³/mol. The van der Waals surface area contributed by atoms with E-state index in [4.69, 9.17) is 9.84 Å². The average Bonchev–Trinajstić information content (AvgIpc) is 2.30. The number of carboxylic acids is 1. The monoisotopic (exact) mass is 287 g/mol. The summed E-state index contributed by atoms with van der Waals surface area (Å²) in [4.78, 5) is 21.9. The molecule has 2 N–H and O–H groups in total. The third-order valence-electron chi connectivity index (χ3n) is 3.03. The van der Waals surface area contributed by atoms with E-state index in [1.54, 1.807) is 0 Å². The molecule has 0 fully saturated rings. The lowest BCUT2D eigenvalue weighted by atomic mass is 9.97. The minimum Gasteiger partial charge on any atom is -0.481 e. The summed E-state index contributed by atoms with van der Waals surface area (Å²) in [6.45, 7) is 8.66. The highest BCUT2D eigenvalue weighted by molar-refractivity contribution is 5.67. The van der Waals surface area contributed by atoms with E-state index in [0.717, 1.165) is 25.7 Å². The number of carbonyl (C=O) groups is 2. The van der Waals surface area contributed by atoms with Crippen molar-refractivity contribution in [3.63, 3.8) is 0 Å². The van der Waals surface area contributed by atoms with E-state index < -0.39 is 17.7 Å². The predicted octanol–water partition coefficient (Wildman–Crippen LogP) is 3.57. The van der Waals surface area contributed by atoms with Crippen LogP contribution in [0.25, 0.3) is 0 Å².